The minimum Gasteiger partial charge on any atom is -0.508 e. The normalized spacial score (nSPS) is 10.1. The molecule has 0 atom stereocenters. The quantitative estimate of drug-likeness (QED) is 0.810. The first kappa shape index (κ1) is 14.0. The van der Waals surface area contributed by atoms with Gasteiger partial charge in [0, 0.05) is 17.7 Å². The highest BCUT2D eigenvalue weighted by Crippen LogP contribution is 2.36. The zero-order chi connectivity index (χ0) is 14.5. The van der Waals surface area contributed by atoms with Gasteiger partial charge in [-0.05, 0) is 32.4 Å². The van der Waals surface area contributed by atoms with E-state index in [1.54, 1.807) is 0 Å². The molecule has 0 spiro atoms. The summed E-state index contributed by atoms with van der Waals surface area (Å²) in [6, 6.07) is 12.1. The highest BCUT2D eigenvalue weighted by atomic mass is 16.5. The molecule has 20 heavy (non-hydrogen) atoms. The fraction of sp³-hybridized carbons (Fsp3) is 0.176. The van der Waals surface area contributed by atoms with Crippen molar-refractivity contribution in [3.63, 3.8) is 0 Å². The third kappa shape index (κ3) is 3.54. The highest BCUT2D eigenvalue weighted by molar-refractivity contribution is 5.51. The molecule has 0 saturated carbocycles. The van der Waals surface area contributed by atoms with Crippen LogP contribution in [0.3, 0.4) is 0 Å². The summed E-state index contributed by atoms with van der Waals surface area (Å²) in [5.41, 5.74) is 1.82. The second-order valence-electron chi connectivity index (χ2n) is 4.84. The van der Waals surface area contributed by atoms with Gasteiger partial charge in [-0.25, -0.2) is 0 Å². The lowest BCUT2D eigenvalue weighted by Crippen LogP contribution is -1.92. The lowest BCUT2D eigenvalue weighted by molar-refractivity contribution is 0.425. The Bertz CT molecular complexity index is 612. The van der Waals surface area contributed by atoms with Crippen molar-refractivity contribution in [2.75, 3.05) is 0 Å². The molecule has 3 nitrogen and oxygen atoms in total. The molecule has 2 aromatic carbocycles. The Hall–Kier alpha value is -2.42. The Morgan fingerprint density at radius 3 is 2.45 bits per heavy atom. The van der Waals surface area contributed by atoms with E-state index >= 15 is 0 Å². The Kier molecular flexibility index (Phi) is 4.31. The van der Waals surface area contributed by atoms with Crippen LogP contribution in [0.15, 0.2) is 54.1 Å². The molecule has 0 unspecified atom stereocenters. The Balaban J connectivity index is 2.37. The summed E-state index contributed by atoms with van der Waals surface area (Å²) in [5, 5.41) is 19.6. The molecular weight excluding hydrogens is 252 g/mol. The van der Waals surface area contributed by atoms with Crippen LogP contribution in [0.25, 0.3) is 0 Å². The van der Waals surface area contributed by atoms with Crippen LogP contribution in [-0.2, 0) is 6.42 Å². The minimum absolute atomic E-state index is 0.0191. The Morgan fingerprint density at radius 1 is 1.10 bits per heavy atom. The predicted molar refractivity (Wildman–Crippen MR) is 79.4 cm³/mol. The molecule has 0 aliphatic heterocycles. The molecule has 2 aromatic rings. The van der Waals surface area contributed by atoms with Crippen molar-refractivity contribution >= 4 is 0 Å². The molecule has 3 heteroatoms. The van der Waals surface area contributed by atoms with E-state index in [0.717, 1.165) is 5.57 Å². The maximum Gasteiger partial charge on any atom is 0.138 e. The first-order valence-corrected chi connectivity index (χ1v) is 6.47. The van der Waals surface area contributed by atoms with Crippen LogP contribution in [0.5, 0.6) is 23.0 Å². The van der Waals surface area contributed by atoms with Gasteiger partial charge in [0.05, 0.1) is 0 Å². The molecular formula is C17H18O3. The number of rotatable bonds is 4. The zero-order valence-corrected chi connectivity index (χ0v) is 11.6. The number of ether oxygens (including phenoxy) is 1. The van der Waals surface area contributed by atoms with E-state index in [2.05, 4.69) is 0 Å². The first-order chi connectivity index (χ1) is 9.56. The summed E-state index contributed by atoms with van der Waals surface area (Å²) in [7, 11) is 0. The van der Waals surface area contributed by atoms with E-state index in [1.165, 1.54) is 12.1 Å². The van der Waals surface area contributed by atoms with Gasteiger partial charge < -0.3 is 14.9 Å². The van der Waals surface area contributed by atoms with Crippen LogP contribution in [0.2, 0.25) is 0 Å². The molecule has 104 valence electrons. The second kappa shape index (κ2) is 6.15. The molecule has 0 fully saturated rings. The lowest BCUT2D eigenvalue weighted by atomic mass is 10.1. The number of allylic oxidation sites excluding steroid dienone is 2. The van der Waals surface area contributed by atoms with Gasteiger partial charge in [0.1, 0.15) is 23.0 Å². The van der Waals surface area contributed by atoms with Crippen LogP contribution in [0.4, 0.5) is 0 Å². The van der Waals surface area contributed by atoms with Crippen LogP contribution in [-0.4, -0.2) is 10.2 Å². The monoisotopic (exact) mass is 270 g/mol. The number of hydrogen-bond acceptors (Lipinski definition) is 3. The Morgan fingerprint density at radius 2 is 1.80 bits per heavy atom. The van der Waals surface area contributed by atoms with E-state index in [-0.39, 0.29) is 11.5 Å². The van der Waals surface area contributed by atoms with Gasteiger partial charge in [-0.15, -0.1) is 0 Å². The topological polar surface area (TPSA) is 49.7 Å². The number of phenolic OH excluding ortho intramolecular Hbond substituents is 2. The molecule has 2 N–H and O–H groups in total. The molecule has 0 aromatic heterocycles. The summed E-state index contributed by atoms with van der Waals surface area (Å²) in [6.07, 6.45) is 2.56. The van der Waals surface area contributed by atoms with Crippen molar-refractivity contribution in [3.05, 3.63) is 59.7 Å². The summed E-state index contributed by atoms with van der Waals surface area (Å²) >= 11 is 0. The summed E-state index contributed by atoms with van der Waals surface area (Å²) in [4.78, 5) is 0. The zero-order valence-electron chi connectivity index (χ0n) is 11.6. The largest absolute Gasteiger partial charge is 0.508 e. The van der Waals surface area contributed by atoms with Gasteiger partial charge in [-0.1, -0.05) is 29.8 Å². The van der Waals surface area contributed by atoms with Crippen molar-refractivity contribution in [2.24, 2.45) is 0 Å². The third-order valence-electron chi connectivity index (χ3n) is 2.86. The van der Waals surface area contributed by atoms with Crippen LogP contribution < -0.4 is 4.74 Å². The lowest BCUT2D eigenvalue weighted by Gasteiger charge is -2.12. The summed E-state index contributed by atoms with van der Waals surface area (Å²) < 4.78 is 5.75. The smallest absolute Gasteiger partial charge is 0.138 e. The molecule has 0 saturated heterocycles. The number of aromatic hydroxyl groups is 2. The molecule has 2 rings (SSSR count). The molecule has 0 radical (unpaired) electrons. The predicted octanol–water partition coefficient (Wildman–Crippen LogP) is 4.40. The fourth-order valence-corrected chi connectivity index (χ4v) is 1.83. The van der Waals surface area contributed by atoms with Gasteiger partial charge >= 0.3 is 0 Å². The SMILES string of the molecule is CC(C)=CCc1c(O)cc(O)cc1Oc1ccccc1. The average molecular weight is 270 g/mol. The number of benzene rings is 2. The van der Waals surface area contributed by atoms with Crippen molar-refractivity contribution in [1.82, 2.24) is 0 Å². The number of hydrogen-bond donors (Lipinski definition) is 2. The van der Waals surface area contributed by atoms with E-state index in [1.807, 2.05) is 50.3 Å². The maximum absolute atomic E-state index is 9.99. The molecule has 0 bridgehead atoms. The number of para-hydroxylation sites is 1. The van der Waals surface area contributed by atoms with Gasteiger partial charge in [0.25, 0.3) is 0 Å². The van der Waals surface area contributed by atoms with Gasteiger partial charge in [-0.2, -0.15) is 0 Å². The molecule has 0 amide bonds. The van der Waals surface area contributed by atoms with Crippen molar-refractivity contribution < 1.29 is 14.9 Å². The van der Waals surface area contributed by atoms with Crippen molar-refractivity contribution in [3.8, 4) is 23.0 Å². The highest BCUT2D eigenvalue weighted by Gasteiger charge is 2.11. The summed E-state index contributed by atoms with van der Waals surface area (Å²) in [6.45, 7) is 3.99. The van der Waals surface area contributed by atoms with E-state index < -0.39 is 0 Å². The fourth-order valence-electron chi connectivity index (χ4n) is 1.83. The Labute approximate surface area is 118 Å². The first-order valence-electron chi connectivity index (χ1n) is 6.47. The van der Waals surface area contributed by atoms with Crippen molar-refractivity contribution in [2.45, 2.75) is 20.3 Å². The standard InChI is InChI=1S/C17H18O3/c1-12(2)8-9-15-16(19)10-13(18)11-17(15)20-14-6-4-3-5-7-14/h3-8,10-11,18-19H,9H2,1-2H3. The number of phenols is 2. The van der Waals surface area contributed by atoms with E-state index in [4.69, 9.17) is 4.74 Å². The van der Waals surface area contributed by atoms with Crippen molar-refractivity contribution in [1.29, 1.82) is 0 Å². The van der Waals surface area contributed by atoms with Gasteiger partial charge in [0.2, 0.25) is 0 Å². The van der Waals surface area contributed by atoms with Gasteiger partial charge in [-0.3, -0.25) is 0 Å². The minimum atomic E-state index is -0.0191. The van der Waals surface area contributed by atoms with Gasteiger partial charge in [0.15, 0.2) is 0 Å². The molecule has 0 heterocycles. The van der Waals surface area contributed by atoms with E-state index in [0.29, 0.717) is 23.5 Å². The van der Waals surface area contributed by atoms with Crippen LogP contribution in [0.1, 0.15) is 19.4 Å². The molecule has 0 aliphatic rings. The van der Waals surface area contributed by atoms with E-state index in [9.17, 15) is 10.2 Å². The third-order valence-corrected chi connectivity index (χ3v) is 2.86. The van der Waals surface area contributed by atoms with Crippen LogP contribution >= 0.6 is 0 Å². The second-order valence-corrected chi connectivity index (χ2v) is 4.84. The summed E-state index contributed by atoms with van der Waals surface area (Å²) in [5.74, 6) is 1.14. The average Bonchev–Trinajstić information content (AvgIpc) is 2.38. The van der Waals surface area contributed by atoms with Crippen LogP contribution in [0, 0.1) is 0 Å². The maximum atomic E-state index is 9.99. The molecule has 0 aliphatic carbocycles.